The van der Waals surface area contributed by atoms with Gasteiger partial charge in [0, 0.05) is 0 Å². The highest BCUT2D eigenvalue weighted by Gasteiger charge is 2.26. The Hall–Kier alpha value is -0.530. The van der Waals surface area contributed by atoms with Gasteiger partial charge in [0.1, 0.15) is 0 Å². The van der Waals surface area contributed by atoms with E-state index in [9.17, 15) is 4.79 Å². The van der Waals surface area contributed by atoms with Crippen molar-refractivity contribution in [3.05, 3.63) is 6.42 Å². The number of hydrogen-bond acceptors (Lipinski definition) is 1. The molecule has 2 unspecified atom stereocenters. The quantitative estimate of drug-likeness (QED) is 0.603. The SMILES string of the molecule is CC1C[CH]CCC1C(=O)O. The van der Waals surface area contributed by atoms with E-state index < -0.39 is 5.97 Å². The highest BCUT2D eigenvalue weighted by atomic mass is 16.4. The van der Waals surface area contributed by atoms with E-state index in [-0.39, 0.29) is 5.92 Å². The molecule has 0 aromatic heterocycles. The number of hydrogen-bond donors (Lipinski definition) is 1. The Morgan fingerprint density at radius 3 is 2.80 bits per heavy atom. The van der Waals surface area contributed by atoms with Crippen molar-refractivity contribution >= 4 is 5.97 Å². The third-order valence-corrected chi connectivity index (χ3v) is 2.22. The minimum absolute atomic E-state index is 0.0926. The lowest BCUT2D eigenvalue weighted by Crippen LogP contribution is -2.24. The highest BCUT2D eigenvalue weighted by Crippen LogP contribution is 2.28. The molecule has 10 heavy (non-hydrogen) atoms. The zero-order chi connectivity index (χ0) is 7.56. The molecule has 0 saturated heterocycles. The van der Waals surface area contributed by atoms with Crippen LogP contribution in [0.3, 0.4) is 0 Å². The van der Waals surface area contributed by atoms with Crippen LogP contribution in [-0.2, 0) is 4.79 Å². The van der Waals surface area contributed by atoms with Gasteiger partial charge in [-0.15, -0.1) is 0 Å². The van der Waals surface area contributed by atoms with Gasteiger partial charge in [-0.2, -0.15) is 0 Å². The zero-order valence-electron chi connectivity index (χ0n) is 6.21. The number of carboxylic acid groups (broad SMARTS) is 1. The third-order valence-electron chi connectivity index (χ3n) is 2.22. The Morgan fingerprint density at radius 2 is 2.40 bits per heavy atom. The standard InChI is InChI=1S/C8H13O2/c1-6-4-2-3-5-7(6)8(9)10/h2,6-7H,3-5H2,1H3,(H,9,10). The van der Waals surface area contributed by atoms with E-state index in [1.165, 1.54) is 0 Å². The molecule has 2 nitrogen and oxygen atoms in total. The average Bonchev–Trinajstić information content (AvgIpc) is 1.88. The monoisotopic (exact) mass is 141 g/mol. The lowest BCUT2D eigenvalue weighted by atomic mass is 9.81. The average molecular weight is 141 g/mol. The van der Waals surface area contributed by atoms with E-state index in [2.05, 4.69) is 6.42 Å². The van der Waals surface area contributed by atoms with E-state index in [1.807, 2.05) is 6.92 Å². The molecule has 1 fully saturated rings. The molecule has 0 aliphatic heterocycles. The van der Waals surface area contributed by atoms with Crippen LogP contribution < -0.4 is 0 Å². The van der Waals surface area contributed by atoms with Crippen molar-refractivity contribution in [2.24, 2.45) is 11.8 Å². The topological polar surface area (TPSA) is 37.3 Å². The highest BCUT2D eigenvalue weighted by molar-refractivity contribution is 5.70. The molecule has 1 aliphatic carbocycles. The molecule has 1 aliphatic rings. The molecule has 57 valence electrons. The van der Waals surface area contributed by atoms with Crippen LogP contribution in [0.25, 0.3) is 0 Å². The van der Waals surface area contributed by atoms with Crippen LogP contribution in [0.4, 0.5) is 0 Å². The molecule has 0 amide bonds. The maximum absolute atomic E-state index is 10.6. The molecule has 0 aromatic rings. The Bertz CT molecular complexity index is 131. The van der Waals surface area contributed by atoms with Gasteiger partial charge in [0.15, 0.2) is 0 Å². The molecule has 0 aromatic carbocycles. The second-order valence-electron chi connectivity index (χ2n) is 3.02. The maximum atomic E-state index is 10.6. The summed E-state index contributed by atoms with van der Waals surface area (Å²) in [5.41, 5.74) is 0. The van der Waals surface area contributed by atoms with Crippen molar-refractivity contribution in [1.82, 2.24) is 0 Å². The van der Waals surface area contributed by atoms with Crippen LogP contribution in [-0.4, -0.2) is 11.1 Å². The molecule has 1 N–H and O–H groups in total. The van der Waals surface area contributed by atoms with Crippen LogP contribution in [0.1, 0.15) is 26.2 Å². The van der Waals surface area contributed by atoms with E-state index in [1.54, 1.807) is 0 Å². The first kappa shape index (κ1) is 7.58. The number of carboxylic acids is 1. The fourth-order valence-corrected chi connectivity index (χ4v) is 1.49. The Kier molecular flexibility index (Phi) is 2.30. The molecule has 2 heteroatoms. The third kappa shape index (κ3) is 1.49. The molecule has 0 heterocycles. The van der Waals surface area contributed by atoms with Crippen LogP contribution >= 0.6 is 0 Å². The summed E-state index contributed by atoms with van der Waals surface area (Å²) in [5.74, 6) is -0.378. The van der Waals surface area contributed by atoms with E-state index in [0.717, 1.165) is 19.3 Å². The fourth-order valence-electron chi connectivity index (χ4n) is 1.49. The molecular formula is C8H13O2. The zero-order valence-corrected chi connectivity index (χ0v) is 6.21. The smallest absolute Gasteiger partial charge is 0.306 e. The molecule has 1 saturated carbocycles. The summed E-state index contributed by atoms with van der Waals surface area (Å²) in [5, 5.41) is 8.69. The van der Waals surface area contributed by atoms with Gasteiger partial charge >= 0.3 is 5.97 Å². The summed E-state index contributed by atoms with van der Waals surface area (Å²) in [6, 6.07) is 0. The van der Waals surface area contributed by atoms with Crippen LogP contribution in [0.5, 0.6) is 0 Å². The van der Waals surface area contributed by atoms with Crippen molar-refractivity contribution in [2.45, 2.75) is 26.2 Å². The summed E-state index contributed by atoms with van der Waals surface area (Å²) >= 11 is 0. The van der Waals surface area contributed by atoms with Crippen molar-refractivity contribution in [1.29, 1.82) is 0 Å². The summed E-state index contributed by atoms with van der Waals surface area (Å²) in [6.45, 7) is 2.01. The molecular weight excluding hydrogens is 128 g/mol. The van der Waals surface area contributed by atoms with Gasteiger partial charge in [-0.3, -0.25) is 4.79 Å². The molecule has 2 atom stereocenters. The molecule has 0 spiro atoms. The maximum Gasteiger partial charge on any atom is 0.306 e. The Morgan fingerprint density at radius 1 is 1.70 bits per heavy atom. The first-order valence-corrected chi connectivity index (χ1v) is 3.76. The molecule has 0 bridgehead atoms. The van der Waals surface area contributed by atoms with Gasteiger partial charge in [-0.25, -0.2) is 0 Å². The van der Waals surface area contributed by atoms with Gasteiger partial charge in [-0.05, 0) is 31.6 Å². The van der Waals surface area contributed by atoms with E-state index in [0.29, 0.717) is 5.92 Å². The summed E-state index contributed by atoms with van der Waals surface area (Å²) in [4.78, 5) is 10.6. The van der Waals surface area contributed by atoms with E-state index >= 15 is 0 Å². The summed E-state index contributed by atoms with van der Waals surface area (Å²) < 4.78 is 0. The predicted molar refractivity (Wildman–Crippen MR) is 38.4 cm³/mol. The van der Waals surface area contributed by atoms with Crippen molar-refractivity contribution in [3.63, 3.8) is 0 Å². The lowest BCUT2D eigenvalue weighted by Gasteiger charge is -2.24. The summed E-state index contributed by atoms with van der Waals surface area (Å²) in [7, 11) is 0. The van der Waals surface area contributed by atoms with Gasteiger partial charge in [0.2, 0.25) is 0 Å². The molecule has 1 radical (unpaired) electrons. The van der Waals surface area contributed by atoms with Crippen molar-refractivity contribution in [2.75, 3.05) is 0 Å². The second-order valence-corrected chi connectivity index (χ2v) is 3.02. The van der Waals surface area contributed by atoms with Crippen LogP contribution in [0, 0.1) is 18.3 Å². The Labute approximate surface area is 61.2 Å². The van der Waals surface area contributed by atoms with Gasteiger partial charge in [0.05, 0.1) is 5.92 Å². The van der Waals surface area contributed by atoms with Crippen molar-refractivity contribution in [3.8, 4) is 0 Å². The summed E-state index contributed by atoms with van der Waals surface area (Å²) in [6.07, 6.45) is 4.96. The fraction of sp³-hybridized carbons (Fsp3) is 0.750. The number of carbonyl (C=O) groups is 1. The van der Waals surface area contributed by atoms with E-state index in [4.69, 9.17) is 5.11 Å². The first-order chi connectivity index (χ1) is 4.72. The normalized spacial score (nSPS) is 33.7. The van der Waals surface area contributed by atoms with Crippen LogP contribution in [0.15, 0.2) is 0 Å². The van der Waals surface area contributed by atoms with Gasteiger partial charge in [-0.1, -0.05) is 6.92 Å². The predicted octanol–water partition coefficient (Wildman–Crippen LogP) is 1.71. The van der Waals surface area contributed by atoms with Gasteiger partial charge < -0.3 is 5.11 Å². The van der Waals surface area contributed by atoms with Crippen LogP contribution in [0.2, 0.25) is 0 Å². The number of rotatable bonds is 1. The lowest BCUT2D eigenvalue weighted by molar-refractivity contribution is -0.144. The minimum Gasteiger partial charge on any atom is -0.481 e. The molecule has 1 rings (SSSR count). The largest absolute Gasteiger partial charge is 0.481 e. The Balaban J connectivity index is 2.47. The number of aliphatic carboxylic acids is 1. The minimum atomic E-state index is -0.624. The van der Waals surface area contributed by atoms with Crippen molar-refractivity contribution < 1.29 is 9.90 Å². The van der Waals surface area contributed by atoms with Gasteiger partial charge in [0.25, 0.3) is 0 Å². The second kappa shape index (κ2) is 3.04. The first-order valence-electron chi connectivity index (χ1n) is 3.76.